The lowest BCUT2D eigenvalue weighted by Gasteiger charge is -2.27. The summed E-state index contributed by atoms with van der Waals surface area (Å²) in [5.74, 6) is -0.250. The van der Waals surface area contributed by atoms with Gasteiger partial charge in [0.1, 0.15) is 6.54 Å². The number of rotatable bonds is 6. The second kappa shape index (κ2) is 10.3. The van der Waals surface area contributed by atoms with E-state index in [1.807, 2.05) is 39.0 Å². The van der Waals surface area contributed by atoms with Crippen LogP contribution in [0.25, 0.3) is 0 Å². The Labute approximate surface area is 186 Å². The zero-order valence-corrected chi connectivity index (χ0v) is 19.7. The lowest BCUT2D eigenvalue weighted by Crippen LogP contribution is -2.44. The van der Waals surface area contributed by atoms with Crippen LogP contribution in [-0.4, -0.2) is 26.9 Å². The number of amides is 1. The van der Waals surface area contributed by atoms with Gasteiger partial charge in [0.05, 0.1) is 10.6 Å². The Hall–Kier alpha value is -2.34. The van der Waals surface area contributed by atoms with Crippen LogP contribution in [0.4, 0.5) is 5.69 Å². The van der Waals surface area contributed by atoms with Crippen LogP contribution in [0.15, 0.2) is 47.4 Å². The Morgan fingerprint density at radius 2 is 1.42 bits per heavy atom. The topological polar surface area (TPSA) is 66.5 Å². The maximum atomic E-state index is 13.5. The smallest absolute Gasteiger partial charge is 0.264 e. The molecule has 0 aliphatic heterocycles. The largest absolute Gasteiger partial charge is 0.352 e. The van der Waals surface area contributed by atoms with Gasteiger partial charge in [-0.1, -0.05) is 55.9 Å². The number of hydrogen-bond donors (Lipinski definition) is 1. The van der Waals surface area contributed by atoms with Gasteiger partial charge in [0.25, 0.3) is 10.0 Å². The molecule has 2 aromatic rings. The van der Waals surface area contributed by atoms with Gasteiger partial charge in [0, 0.05) is 6.04 Å². The molecule has 2 aromatic carbocycles. The number of nitrogens with zero attached hydrogens (tertiary/aromatic N) is 1. The first-order valence-corrected chi connectivity index (χ1v) is 12.7. The summed E-state index contributed by atoms with van der Waals surface area (Å²) in [6, 6.07) is 12.5. The zero-order valence-electron chi connectivity index (χ0n) is 18.9. The molecule has 0 spiro atoms. The van der Waals surface area contributed by atoms with E-state index >= 15 is 0 Å². The number of benzene rings is 2. The van der Waals surface area contributed by atoms with Crippen molar-refractivity contribution in [2.24, 2.45) is 0 Å². The predicted molar refractivity (Wildman–Crippen MR) is 126 cm³/mol. The molecule has 3 rings (SSSR count). The van der Waals surface area contributed by atoms with E-state index in [2.05, 4.69) is 5.32 Å². The van der Waals surface area contributed by atoms with Crippen molar-refractivity contribution in [2.75, 3.05) is 10.8 Å². The fraction of sp³-hybridized carbons (Fsp3) is 0.480. The highest BCUT2D eigenvalue weighted by Gasteiger charge is 2.28. The van der Waals surface area contributed by atoms with Crippen molar-refractivity contribution in [3.63, 3.8) is 0 Å². The van der Waals surface area contributed by atoms with Crippen molar-refractivity contribution in [3.8, 4) is 0 Å². The normalized spacial score (nSPS) is 15.7. The maximum absolute atomic E-state index is 13.5. The fourth-order valence-corrected chi connectivity index (χ4v) is 5.66. The van der Waals surface area contributed by atoms with E-state index in [9.17, 15) is 13.2 Å². The second-order valence-electron chi connectivity index (χ2n) is 8.78. The average Bonchev–Trinajstić information content (AvgIpc) is 2.67. The molecule has 6 heteroatoms. The summed E-state index contributed by atoms with van der Waals surface area (Å²) in [4.78, 5) is 13.2. The van der Waals surface area contributed by atoms with Crippen molar-refractivity contribution in [1.29, 1.82) is 0 Å². The van der Waals surface area contributed by atoms with Crippen LogP contribution in [0, 0.1) is 20.8 Å². The Balaban J connectivity index is 1.88. The summed E-state index contributed by atoms with van der Waals surface area (Å²) in [6.07, 6.45) is 7.78. The molecule has 1 amide bonds. The molecule has 1 fully saturated rings. The Kier molecular flexibility index (Phi) is 7.76. The molecule has 31 heavy (non-hydrogen) atoms. The quantitative estimate of drug-likeness (QED) is 0.682. The minimum atomic E-state index is -3.88. The molecule has 0 saturated heterocycles. The molecule has 0 radical (unpaired) electrons. The maximum Gasteiger partial charge on any atom is 0.264 e. The van der Waals surface area contributed by atoms with E-state index in [-0.39, 0.29) is 23.4 Å². The van der Waals surface area contributed by atoms with E-state index in [4.69, 9.17) is 0 Å². The molecule has 0 unspecified atom stereocenters. The molecular formula is C25H34N2O3S. The van der Waals surface area contributed by atoms with Crippen molar-refractivity contribution in [3.05, 3.63) is 59.2 Å². The van der Waals surface area contributed by atoms with Crippen LogP contribution in [0.3, 0.4) is 0 Å². The minimum Gasteiger partial charge on any atom is -0.352 e. The van der Waals surface area contributed by atoms with E-state index in [1.54, 1.807) is 24.3 Å². The lowest BCUT2D eigenvalue weighted by atomic mass is 9.97. The summed E-state index contributed by atoms with van der Waals surface area (Å²) >= 11 is 0. The first-order chi connectivity index (χ1) is 14.8. The number of carbonyl (C=O) groups excluding carboxylic acids is 1. The molecule has 0 heterocycles. The van der Waals surface area contributed by atoms with Crippen molar-refractivity contribution >= 4 is 21.6 Å². The molecule has 0 atom stereocenters. The van der Waals surface area contributed by atoms with Gasteiger partial charge in [0.2, 0.25) is 5.91 Å². The van der Waals surface area contributed by atoms with Crippen molar-refractivity contribution in [1.82, 2.24) is 5.32 Å². The number of sulfonamides is 1. The van der Waals surface area contributed by atoms with E-state index in [1.165, 1.54) is 23.6 Å². The molecule has 168 valence electrons. The van der Waals surface area contributed by atoms with Gasteiger partial charge in [-0.25, -0.2) is 8.42 Å². The van der Waals surface area contributed by atoms with Crippen LogP contribution in [0.5, 0.6) is 0 Å². The standard InChI is InChI=1S/C25H34N2O3S/c1-19-11-13-24(14-12-19)31(29,30)27(23-16-20(2)15-21(3)17-23)18-25(28)26-22-9-7-5-4-6-8-10-22/h11-17,22H,4-10,18H2,1-3H3,(H,26,28). The number of aryl methyl sites for hydroxylation is 3. The van der Waals surface area contributed by atoms with Gasteiger partial charge in [0.15, 0.2) is 0 Å². The highest BCUT2D eigenvalue weighted by Crippen LogP contribution is 2.26. The number of hydrogen-bond acceptors (Lipinski definition) is 3. The summed E-state index contributed by atoms with van der Waals surface area (Å²) in [7, 11) is -3.88. The third kappa shape index (κ3) is 6.33. The van der Waals surface area contributed by atoms with E-state index < -0.39 is 10.0 Å². The number of anilines is 1. The van der Waals surface area contributed by atoms with Crippen LogP contribution in [0.2, 0.25) is 0 Å². The fourth-order valence-electron chi connectivity index (χ4n) is 4.25. The van der Waals surface area contributed by atoms with Gasteiger partial charge in [-0.05, 0) is 69.0 Å². The summed E-state index contributed by atoms with van der Waals surface area (Å²) in [6.45, 7) is 5.56. The average molecular weight is 443 g/mol. The molecule has 1 N–H and O–H groups in total. The van der Waals surface area contributed by atoms with Crippen LogP contribution >= 0.6 is 0 Å². The molecule has 1 aliphatic rings. The SMILES string of the molecule is Cc1ccc(S(=O)(=O)N(CC(=O)NC2CCCCCCC2)c2cc(C)cc(C)c2)cc1. The summed E-state index contributed by atoms with van der Waals surface area (Å²) in [5, 5.41) is 3.10. The molecular weight excluding hydrogens is 408 g/mol. The first-order valence-electron chi connectivity index (χ1n) is 11.2. The van der Waals surface area contributed by atoms with Gasteiger partial charge >= 0.3 is 0 Å². The molecule has 1 saturated carbocycles. The molecule has 0 bridgehead atoms. The number of nitrogens with one attached hydrogen (secondary N) is 1. The van der Waals surface area contributed by atoms with Crippen molar-refractivity contribution < 1.29 is 13.2 Å². The zero-order chi connectivity index (χ0) is 22.4. The second-order valence-corrected chi connectivity index (χ2v) is 10.6. The summed E-state index contributed by atoms with van der Waals surface area (Å²) < 4.78 is 28.3. The Morgan fingerprint density at radius 1 is 0.871 bits per heavy atom. The van der Waals surface area contributed by atoms with E-state index in [0.29, 0.717) is 5.69 Å². The Bertz CT molecular complexity index is 972. The molecule has 5 nitrogen and oxygen atoms in total. The van der Waals surface area contributed by atoms with Gasteiger partial charge in [-0.15, -0.1) is 0 Å². The van der Waals surface area contributed by atoms with E-state index in [0.717, 1.165) is 42.4 Å². The highest BCUT2D eigenvalue weighted by atomic mass is 32.2. The van der Waals surface area contributed by atoms with Crippen LogP contribution in [-0.2, 0) is 14.8 Å². The minimum absolute atomic E-state index is 0.121. The van der Waals surface area contributed by atoms with Gasteiger partial charge < -0.3 is 5.32 Å². The van der Waals surface area contributed by atoms with Crippen molar-refractivity contribution in [2.45, 2.75) is 76.7 Å². The highest BCUT2D eigenvalue weighted by molar-refractivity contribution is 7.92. The molecule has 0 aromatic heterocycles. The monoisotopic (exact) mass is 442 g/mol. The predicted octanol–water partition coefficient (Wildman–Crippen LogP) is 5.04. The summed E-state index contributed by atoms with van der Waals surface area (Å²) in [5.41, 5.74) is 3.42. The number of carbonyl (C=O) groups is 1. The first kappa shape index (κ1) is 23.3. The lowest BCUT2D eigenvalue weighted by molar-refractivity contribution is -0.120. The van der Waals surface area contributed by atoms with Crippen LogP contribution in [0.1, 0.15) is 61.6 Å². The Morgan fingerprint density at radius 3 is 2.00 bits per heavy atom. The van der Waals surface area contributed by atoms with Crippen LogP contribution < -0.4 is 9.62 Å². The molecule has 1 aliphatic carbocycles. The van der Waals surface area contributed by atoms with Gasteiger partial charge in [-0.3, -0.25) is 9.10 Å². The third-order valence-electron chi connectivity index (χ3n) is 5.86. The van der Waals surface area contributed by atoms with Gasteiger partial charge in [-0.2, -0.15) is 0 Å². The third-order valence-corrected chi connectivity index (χ3v) is 7.65.